The number of amides is 2. The maximum absolute atomic E-state index is 14.9. The number of nitriles is 1. The number of nitrogens with one attached hydrogen (secondary N) is 1. The van der Waals surface area contributed by atoms with Crippen LogP contribution in [0.2, 0.25) is 0 Å². The molecular formula is C19H18BrF3N6O. The number of hydrogen-bond donors (Lipinski definition) is 1. The van der Waals surface area contributed by atoms with Crippen molar-refractivity contribution in [1.82, 2.24) is 19.7 Å². The zero-order chi connectivity index (χ0) is 21.5. The highest BCUT2D eigenvalue weighted by molar-refractivity contribution is 9.10. The van der Waals surface area contributed by atoms with E-state index in [0.717, 1.165) is 0 Å². The molecule has 2 aromatic rings. The van der Waals surface area contributed by atoms with E-state index in [4.69, 9.17) is 5.26 Å². The van der Waals surface area contributed by atoms with E-state index >= 15 is 0 Å². The number of rotatable bonds is 2. The molecule has 1 N–H and O–H groups in total. The van der Waals surface area contributed by atoms with Crippen molar-refractivity contribution in [3.8, 4) is 6.07 Å². The number of carbonyl (C=O) groups is 1. The molecule has 0 bridgehead atoms. The van der Waals surface area contributed by atoms with Crippen LogP contribution in [0, 0.1) is 23.1 Å². The van der Waals surface area contributed by atoms with Gasteiger partial charge in [0.1, 0.15) is 10.3 Å². The van der Waals surface area contributed by atoms with Gasteiger partial charge in [0, 0.05) is 44.1 Å². The number of fused-ring (bicyclic) bond motifs is 3. The van der Waals surface area contributed by atoms with Gasteiger partial charge in [-0.25, -0.2) is 14.2 Å². The molecule has 2 amide bonds. The molecule has 0 fully saturated rings. The summed E-state index contributed by atoms with van der Waals surface area (Å²) >= 11 is 2.96. The quantitative estimate of drug-likeness (QED) is 0.650. The van der Waals surface area contributed by atoms with E-state index in [1.807, 2.05) is 0 Å². The molecule has 0 saturated carbocycles. The van der Waals surface area contributed by atoms with Crippen molar-refractivity contribution in [2.24, 2.45) is 5.92 Å². The Hall–Kier alpha value is -2.61. The van der Waals surface area contributed by atoms with E-state index < -0.39 is 17.8 Å². The van der Waals surface area contributed by atoms with E-state index in [1.165, 1.54) is 21.8 Å². The van der Waals surface area contributed by atoms with E-state index in [0.29, 0.717) is 17.7 Å². The first-order valence-electron chi connectivity index (χ1n) is 9.50. The Kier molecular flexibility index (Phi) is 5.44. The van der Waals surface area contributed by atoms with Gasteiger partial charge in [0.25, 0.3) is 5.92 Å². The van der Waals surface area contributed by atoms with Crippen LogP contribution in [0.4, 0.5) is 23.7 Å². The van der Waals surface area contributed by atoms with Crippen LogP contribution in [0.3, 0.4) is 0 Å². The summed E-state index contributed by atoms with van der Waals surface area (Å²) < 4.78 is 45.3. The third kappa shape index (κ3) is 3.76. The van der Waals surface area contributed by atoms with Gasteiger partial charge in [0.05, 0.1) is 24.0 Å². The molecule has 1 atom stereocenters. The predicted molar refractivity (Wildman–Crippen MR) is 104 cm³/mol. The highest BCUT2D eigenvalue weighted by atomic mass is 79.9. The third-order valence-electron chi connectivity index (χ3n) is 5.50. The lowest BCUT2D eigenvalue weighted by Crippen LogP contribution is -2.39. The average Bonchev–Trinajstić information content (AvgIpc) is 3.02. The Labute approximate surface area is 179 Å². The molecule has 0 spiro atoms. The first kappa shape index (κ1) is 20.7. The van der Waals surface area contributed by atoms with Gasteiger partial charge >= 0.3 is 6.03 Å². The van der Waals surface area contributed by atoms with Crippen LogP contribution in [0.25, 0.3) is 0 Å². The first-order chi connectivity index (χ1) is 14.3. The molecule has 7 nitrogen and oxygen atoms in total. The molecular weight excluding hydrogens is 465 g/mol. The minimum absolute atomic E-state index is 0.0326. The molecule has 4 heterocycles. The summed E-state index contributed by atoms with van der Waals surface area (Å²) in [6.07, 6.45) is 1.73. The Morgan fingerprint density at radius 2 is 2.27 bits per heavy atom. The second kappa shape index (κ2) is 7.91. The lowest BCUT2D eigenvalue weighted by Gasteiger charge is -2.28. The fraction of sp³-hybridized carbons (Fsp3) is 0.474. The lowest BCUT2D eigenvalue weighted by molar-refractivity contribution is -0.0217. The molecule has 0 aliphatic carbocycles. The molecule has 2 aromatic heterocycles. The van der Waals surface area contributed by atoms with Crippen LogP contribution >= 0.6 is 15.9 Å². The number of nitrogens with zero attached hydrogens (tertiary/aromatic N) is 5. The van der Waals surface area contributed by atoms with Crippen molar-refractivity contribution in [1.29, 1.82) is 5.26 Å². The van der Waals surface area contributed by atoms with Gasteiger partial charge in [-0.05, 0) is 34.3 Å². The van der Waals surface area contributed by atoms with Crippen molar-refractivity contribution >= 4 is 27.6 Å². The molecule has 1 unspecified atom stereocenters. The number of aromatic nitrogens is 3. The van der Waals surface area contributed by atoms with Crippen LogP contribution in [-0.2, 0) is 25.4 Å². The fourth-order valence-corrected chi connectivity index (χ4v) is 4.32. The van der Waals surface area contributed by atoms with E-state index in [9.17, 15) is 18.0 Å². The average molecular weight is 483 g/mol. The molecule has 0 radical (unpaired) electrons. The van der Waals surface area contributed by atoms with Crippen LogP contribution in [0.1, 0.15) is 36.2 Å². The molecule has 0 saturated heterocycles. The number of pyridine rings is 1. The van der Waals surface area contributed by atoms with E-state index in [1.54, 1.807) is 0 Å². The van der Waals surface area contributed by atoms with Crippen LogP contribution in [-0.4, -0.2) is 32.2 Å². The second-order valence-electron chi connectivity index (χ2n) is 7.49. The number of anilines is 1. The maximum atomic E-state index is 14.9. The second-order valence-corrected chi connectivity index (χ2v) is 8.24. The number of urea groups is 1. The third-order valence-corrected chi connectivity index (χ3v) is 6.05. The summed E-state index contributed by atoms with van der Waals surface area (Å²) in [6, 6.07) is 2.79. The van der Waals surface area contributed by atoms with Crippen molar-refractivity contribution in [2.45, 2.75) is 44.7 Å². The van der Waals surface area contributed by atoms with Gasteiger partial charge in [-0.1, -0.05) is 0 Å². The monoisotopic (exact) mass is 482 g/mol. The Morgan fingerprint density at radius 3 is 3.03 bits per heavy atom. The van der Waals surface area contributed by atoms with Crippen LogP contribution in [0.15, 0.2) is 16.9 Å². The summed E-state index contributed by atoms with van der Waals surface area (Å²) in [5.74, 6) is -3.99. The summed E-state index contributed by atoms with van der Waals surface area (Å²) in [5, 5.41) is 15.8. The molecule has 158 valence electrons. The molecule has 0 aromatic carbocycles. The smallest absolute Gasteiger partial charge is 0.320 e. The maximum Gasteiger partial charge on any atom is 0.322 e. The molecule has 2 aliphatic heterocycles. The number of halogens is 4. The number of carbonyl (C=O) groups excluding carboxylic acids is 1. The largest absolute Gasteiger partial charge is 0.322 e. The summed E-state index contributed by atoms with van der Waals surface area (Å²) in [6.45, 7) is 0.493. The fourth-order valence-electron chi connectivity index (χ4n) is 3.99. The highest BCUT2D eigenvalue weighted by Crippen LogP contribution is 2.42. The zero-order valence-electron chi connectivity index (χ0n) is 15.8. The van der Waals surface area contributed by atoms with Gasteiger partial charge in [-0.2, -0.15) is 19.1 Å². The van der Waals surface area contributed by atoms with Gasteiger partial charge in [0.15, 0.2) is 5.82 Å². The normalized spacial score (nSPS) is 20.0. The lowest BCUT2D eigenvalue weighted by atomic mass is 9.96. The van der Waals surface area contributed by atoms with E-state index in [-0.39, 0.29) is 60.8 Å². The number of hydrogen-bond acceptors (Lipinski definition) is 4. The Balaban J connectivity index is 1.59. The zero-order valence-corrected chi connectivity index (χ0v) is 17.4. The molecule has 30 heavy (non-hydrogen) atoms. The molecule has 11 heteroatoms. The molecule has 4 rings (SSSR count). The molecule has 2 aliphatic rings. The number of alkyl halides is 2. The van der Waals surface area contributed by atoms with Gasteiger partial charge in [-0.15, -0.1) is 0 Å². The van der Waals surface area contributed by atoms with Gasteiger partial charge in [-0.3, -0.25) is 4.68 Å². The topological polar surface area (TPSA) is 86.8 Å². The Bertz CT molecular complexity index is 1030. The Morgan fingerprint density at radius 1 is 1.47 bits per heavy atom. The van der Waals surface area contributed by atoms with Crippen molar-refractivity contribution in [3.05, 3.63) is 39.6 Å². The minimum Gasteiger partial charge on any atom is -0.320 e. The standard InChI is InChI=1S/C19H18BrF3N6O/c20-17-15(21)14(3-7-25-17)26-18(30)28-8-4-13-12(10-28)16-19(22,23)5-1-11(2-6-24)9-29(16)27-13/h3,7,11H,1-2,4-5,8-10H2,(H,25,26,30). The van der Waals surface area contributed by atoms with E-state index in [2.05, 4.69) is 37.4 Å². The summed E-state index contributed by atoms with van der Waals surface area (Å²) in [5.41, 5.74) is 0.666. The SMILES string of the molecule is N#CCC1CCC(F)(F)c2c3c(nn2C1)CCN(C(=O)Nc1ccnc(Br)c1F)C3. The summed E-state index contributed by atoms with van der Waals surface area (Å²) in [7, 11) is 0. The predicted octanol–water partition coefficient (Wildman–Crippen LogP) is 4.19. The summed E-state index contributed by atoms with van der Waals surface area (Å²) in [4.78, 5) is 17.8. The van der Waals surface area contributed by atoms with Crippen molar-refractivity contribution in [3.63, 3.8) is 0 Å². The van der Waals surface area contributed by atoms with Crippen molar-refractivity contribution in [2.75, 3.05) is 11.9 Å². The highest BCUT2D eigenvalue weighted by Gasteiger charge is 2.43. The van der Waals surface area contributed by atoms with Crippen LogP contribution in [0.5, 0.6) is 0 Å². The first-order valence-corrected chi connectivity index (χ1v) is 10.3. The van der Waals surface area contributed by atoms with Gasteiger partial charge < -0.3 is 10.2 Å². The van der Waals surface area contributed by atoms with Crippen LogP contribution < -0.4 is 5.32 Å². The van der Waals surface area contributed by atoms with Crippen molar-refractivity contribution < 1.29 is 18.0 Å². The van der Waals surface area contributed by atoms with Gasteiger partial charge in [0.2, 0.25) is 0 Å². The minimum atomic E-state index is -3.09.